The molecule has 8 heteroatoms. The minimum atomic E-state index is -4.09. The van der Waals surface area contributed by atoms with E-state index in [1.807, 2.05) is 72.9 Å². The maximum Gasteiger partial charge on any atom is 0.242 e. The molecule has 1 atom stereocenters. The lowest BCUT2D eigenvalue weighted by atomic mass is 9.71. The number of nitrogens with zero attached hydrogens (tertiary/aromatic N) is 1. The van der Waals surface area contributed by atoms with Gasteiger partial charge in [-0.15, -0.1) is 0 Å². The van der Waals surface area contributed by atoms with Gasteiger partial charge in [-0.25, -0.2) is 8.42 Å². The van der Waals surface area contributed by atoms with Gasteiger partial charge in [-0.3, -0.25) is 9.78 Å². The maximum atomic E-state index is 14.2. The molecule has 0 aliphatic heterocycles. The standard InChI is InChI=1S/C34H36N4O3S/c1-33(22-26-23-36-29-16-6-5-14-27(26)29,38-42(40,41)30-17-11-13-25-12-3-4-15-28(25)30)32(39)37-24-34(19-8-2-9-20-34)31-18-7-10-21-35-31/h3-7,10-18,21,23,36,38H,2,8-9,19-20,22,24H2,1H3,(H,37,39). The number of sulfonamides is 1. The number of benzene rings is 3. The number of hydrogen-bond donors (Lipinski definition) is 3. The molecule has 216 valence electrons. The topological polar surface area (TPSA) is 104 Å². The number of para-hydroxylation sites is 1. The fourth-order valence-electron chi connectivity index (χ4n) is 6.48. The van der Waals surface area contributed by atoms with Gasteiger partial charge in [0, 0.05) is 52.8 Å². The molecule has 1 unspecified atom stereocenters. The molecule has 42 heavy (non-hydrogen) atoms. The Morgan fingerprint density at radius 2 is 1.62 bits per heavy atom. The van der Waals surface area contributed by atoms with Gasteiger partial charge in [0.2, 0.25) is 15.9 Å². The molecule has 3 aromatic carbocycles. The molecule has 0 bridgehead atoms. The van der Waals surface area contributed by atoms with Gasteiger partial charge in [0.05, 0.1) is 4.90 Å². The Kier molecular flexibility index (Phi) is 7.60. The summed E-state index contributed by atoms with van der Waals surface area (Å²) in [5, 5.41) is 5.57. The molecule has 0 spiro atoms. The molecular formula is C34H36N4O3S. The Bertz CT molecular complexity index is 1820. The third kappa shape index (κ3) is 5.44. The van der Waals surface area contributed by atoms with E-state index < -0.39 is 15.6 Å². The molecule has 7 nitrogen and oxygen atoms in total. The highest BCUT2D eigenvalue weighted by molar-refractivity contribution is 7.89. The quantitative estimate of drug-likeness (QED) is 0.199. The van der Waals surface area contributed by atoms with Crippen molar-refractivity contribution in [3.8, 4) is 0 Å². The fraction of sp³-hybridized carbons (Fsp3) is 0.294. The summed E-state index contributed by atoms with van der Waals surface area (Å²) in [6, 6.07) is 26.3. The SMILES string of the molecule is CC(Cc1c[nH]c2ccccc12)(NS(=O)(=O)c1cccc2ccccc12)C(=O)NCC1(c2ccccn2)CCCCC1. The van der Waals surface area contributed by atoms with E-state index in [1.165, 1.54) is 0 Å². The smallest absolute Gasteiger partial charge is 0.242 e. The number of carbonyl (C=O) groups is 1. The Labute approximate surface area is 246 Å². The van der Waals surface area contributed by atoms with E-state index in [0.717, 1.165) is 59.7 Å². The summed E-state index contributed by atoms with van der Waals surface area (Å²) in [7, 11) is -4.09. The Morgan fingerprint density at radius 3 is 2.40 bits per heavy atom. The largest absolute Gasteiger partial charge is 0.361 e. The Balaban J connectivity index is 1.36. The highest BCUT2D eigenvalue weighted by atomic mass is 32.2. The van der Waals surface area contributed by atoms with E-state index in [4.69, 9.17) is 0 Å². The van der Waals surface area contributed by atoms with Crippen LogP contribution in [0.25, 0.3) is 21.7 Å². The third-order valence-corrected chi connectivity index (χ3v) is 10.4. The van der Waals surface area contributed by atoms with Crippen LogP contribution < -0.4 is 10.0 Å². The van der Waals surface area contributed by atoms with Gasteiger partial charge < -0.3 is 10.3 Å². The first-order chi connectivity index (χ1) is 20.3. The average molecular weight is 581 g/mol. The number of aromatic amines is 1. The number of fused-ring (bicyclic) bond motifs is 2. The van der Waals surface area contributed by atoms with Crippen LogP contribution in [0.4, 0.5) is 0 Å². The predicted molar refractivity (Wildman–Crippen MR) is 167 cm³/mol. The Hall–Kier alpha value is -4.01. The van der Waals surface area contributed by atoms with Gasteiger partial charge in [0.25, 0.3) is 0 Å². The second kappa shape index (κ2) is 11.3. The van der Waals surface area contributed by atoms with Crippen LogP contribution in [0.15, 0.2) is 102 Å². The van der Waals surface area contributed by atoms with Gasteiger partial charge in [-0.1, -0.05) is 79.9 Å². The van der Waals surface area contributed by atoms with Crippen molar-refractivity contribution in [2.24, 2.45) is 0 Å². The molecule has 2 aromatic heterocycles. The van der Waals surface area contributed by atoms with Crippen molar-refractivity contribution in [1.82, 2.24) is 20.0 Å². The number of nitrogens with one attached hydrogen (secondary N) is 3. The summed E-state index contributed by atoms with van der Waals surface area (Å²) in [5.74, 6) is -0.363. The van der Waals surface area contributed by atoms with Crippen LogP contribution in [0.3, 0.4) is 0 Å². The van der Waals surface area contributed by atoms with Crippen molar-refractivity contribution in [2.45, 2.75) is 61.3 Å². The lowest BCUT2D eigenvalue weighted by Gasteiger charge is -2.38. The summed E-state index contributed by atoms with van der Waals surface area (Å²) in [4.78, 5) is 22.3. The van der Waals surface area contributed by atoms with E-state index in [0.29, 0.717) is 11.9 Å². The summed E-state index contributed by atoms with van der Waals surface area (Å²) in [6.45, 7) is 2.07. The molecule has 6 rings (SSSR count). The van der Waals surface area contributed by atoms with E-state index in [-0.39, 0.29) is 22.6 Å². The van der Waals surface area contributed by atoms with Crippen molar-refractivity contribution in [3.63, 3.8) is 0 Å². The molecule has 2 heterocycles. The Morgan fingerprint density at radius 1 is 0.905 bits per heavy atom. The number of H-pyrrole nitrogens is 1. The molecule has 5 aromatic rings. The molecule has 1 saturated carbocycles. The summed E-state index contributed by atoms with van der Waals surface area (Å²) >= 11 is 0. The first-order valence-electron chi connectivity index (χ1n) is 14.6. The molecule has 1 aliphatic rings. The van der Waals surface area contributed by atoms with Crippen LogP contribution in [0.2, 0.25) is 0 Å². The van der Waals surface area contributed by atoms with Crippen molar-refractivity contribution in [3.05, 3.63) is 109 Å². The molecule has 1 fully saturated rings. The third-order valence-electron chi connectivity index (χ3n) is 8.73. The van der Waals surface area contributed by atoms with Gasteiger partial charge in [-0.2, -0.15) is 4.72 Å². The summed E-state index contributed by atoms with van der Waals surface area (Å²) in [5.41, 5.74) is 1.01. The molecule has 0 saturated heterocycles. The zero-order valence-electron chi connectivity index (χ0n) is 23.8. The average Bonchev–Trinajstić information content (AvgIpc) is 3.42. The van der Waals surface area contributed by atoms with Crippen LogP contribution in [0, 0.1) is 0 Å². The molecule has 0 radical (unpaired) electrons. The van der Waals surface area contributed by atoms with Crippen LogP contribution in [0.5, 0.6) is 0 Å². The van der Waals surface area contributed by atoms with Gasteiger partial charge in [0.15, 0.2) is 0 Å². The highest BCUT2D eigenvalue weighted by Gasteiger charge is 2.42. The van der Waals surface area contributed by atoms with E-state index in [1.54, 1.807) is 31.3 Å². The first kappa shape index (κ1) is 28.1. The van der Waals surface area contributed by atoms with Crippen molar-refractivity contribution in [1.29, 1.82) is 0 Å². The highest BCUT2D eigenvalue weighted by Crippen LogP contribution is 2.38. The molecular weight excluding hydrogens is 544 g/mol. The fourth-order valence-corrected chi connectivity index (χ4v) is 8.08. The first-order valence-corrected chi connectivity index (χ1v) is 16.0. The second-order valence-electron chi connectivity index (χ2n) is 11.7. The monoisotopic (exact) mass is 580 g/mol. The molecule has 1 aliphatic carbocycles. The molecule has 1 amide bonds. The van der Waals surface area contributed by atoms with E-state index in [2.05, 4.69) is 20.0 Å². The second-order valence-corrected chi connectivity index (χ2v) is 13.3. The van der Waals surface area contributed by atoms with E-state index in [9.17, 15) is 13.2 Å². The number of hydrogen-bond acceptors (Lipinski definition) is 4. The van der Waals surface area contributed by atoms with E-state index >= 15 is 0 Å². The number of carbonyl (C=O) groups excluding carboxylic acids is 1. The van der Waals surface area contributed by atoms with Gasteiger partial charge in [-0.05, 0) is 55.0 Å². The number of rotatable bonds is 9. The van der Waals surface area contributed by atoms with Crippen LogP contribution in [0.1, 0.15) is 50.3 Å². The summed E-state index contributed by atoms with van der Waals surface area (Å²) < 4.78 is 30.9. The van der Waals surface area contributed by atoms with Crippen LogP contribution in [-0.4, -0.2) is 36.4 Å². The van der Waals surface area contributed by atoms with Gasteiger partial charge in [0.1, 0.15) is 5.54 Å². The van der Waals surface area contributed by atoms with Crippen LogP contribution in [-0.2, 0) is 26.7 Å². The lowest BCUT2D eigenvalue weighted by Crippen LogP contribution is -2.59. The predicted octanol–water partition coefficient (Wildman–Crippen LogP) is 6.01. The number of amides is 1. The lowest BCUT2D eigenvalue weighted by molar-refractivity contribution is -0.126. The number of aromatic nitrogens is 2. The van der Waals surface area contributed by atoms with Gasteiger partial charge >= 0.3 is 0 Å². The van der Waals surface area contributed by atoms with Crippen molar-refractivity contribution in [2.75, 3.05) is 6.54 Å². The minimum absolute atomic E-state index is 0.149. The van der Waals surface area contributed by atoms with Crippen molar-refractivity contribution >= 4 is 37.6 Å². The number of pyridine rings is 1. The summed E-state index contributed by atoms with van der Waals surface area (Å²) in [6.07, 6.45) is 8.96. The van der Waals surface area contributed by atoms with Crippen LogP contribution >= 0.6 is 0 Å². The maximum absolute atomic E-state index is 14.2. The zero-order chi connectivity index (χ0) is 29.2. The normalized spacial score (nSPS) is 16.7. The zero-order valence-corrected chi connectivity index (χ0v) is 24.6. The van der Waals surface area contributed by atoms with Crippen molar-refractivity contribution < 1.29 is 13.2 Å². The minimum Gasteiger partial charge on any atom is -0.361 e. The molecule has 3 N–H and O–H groups in total.